The summed E-state index contributed by atoms with van der Waals surface area (Å²) in [7, 11) is -4.27. The van der Waals surface area contributed by atoms with Gasteiger partial charge in [-0.1, -0.05) is 0 Å². The zero-order valence-corrected chi connectivity index (χ0v) is 13.2. The first-order chi connectivity index (χ1) is 11.9. The molecule has 5 atom stereocenters. The van der Waals surface area contributed by atoms with Gasteiger partial charge in [0, 0.05) is 4.91 Å². The maximum absolute atomic E-state index is 11.6. The predicted molar refractivity (Wildman–Crippen MR) is 79.1 cm³/mol. The van der Waals surface area contributed by atoms with E-state index in [1.807, 2.05) is 0 Å². The predicted octanol–water partition coefficient (Wildman–Crippen LogP) is 0.124. The van der Waals surface area contributed by atoms with Gasteiger partial charge in [0.25, 0.3) is 0 Å². The van der Waals surface area contributed by atoms with Crippen LogP contribution in [-0.2, 0) is 18.3 Å². The Labute approximate surface area is 138 Å². The molecular formula is C10H11N8O6P. The molecule has 0 aliphatic carbocycles. The van der Waals surface area contributed by atoms with Crippen LogP contribution in [0.25, 0.3) is 21.6 Å². The number of phosphoric acid groups is 1. The Morgan fingerprint density at radius 3 is 3.08 bits per heavy atom. The fourth-order valence-corrected chi connectivity index (χ4v) is 3.77. The minimum atomic E-state index is -4.27. The summed E-state index contributed by atoms with van der Waals surface area (Å²) in [6.45, 7) is -0.257. The van der Waals surface area contributed by atoms with Crippen molar-refractivity contribution in [3.05, 3.63) is 16.8 Å². The molecule has 2 aliphatic heterocycles. The zero-order valence-electron chi connectivity index (χ0n) is 12.3. The van der Waals surface area contributed by atoms with Crippen molar-refractivity contribution in [2.45, 2.75) is 24.5 Å². The van der Waals surface area contributed by atoms with Crippen LogP contribution in [0.15, 0.2) is 11.4 Å². The highest BCUT2D eigenvalue weighted by Gasteiger charge is 2.53. The molecule has 0 spiro atoms. The minimum absolute atomic E-state index is 0.0440. The van der Waals surface area contributed by atoms with Crippen LogP contribution < -0.4 is 5.73 Å². The van der Waals surface area contributed by atoms with Gasteiger partial charge in [-0.15, -0.1) is 0 Å². The SMILES string of the molecule is [N-]=[N+]=Nc1nc2c(N)ncnc2n1[C@@H]1O[C@@H]2COP(=O)(O)O[C@H]2[C@H]1O. The molecule has 2 aromatic heterocycles. The number of aliphatic hydroxyl groups is 1. The summed E-state index contributed by atoms with van der Waals surface area (Å²) >= 11 is 0. The first kappa shape index (κ1) is 16.2. The molecular weight excluding hydrogens is 359 g/mol. The van der Waals surface area contributed by atoms with E-state index in [4.69, 9.17) is 20.5 Å². The fraction of sp³-hybridized carbons (Fsp3) is 0.500. The Morgan fingerprint density at radius 2 is 2.32 bits per heavy atom. The molecule has 132 valence electrons. The van der Waals surface area contributed by atoms with Gasteiger partial charge in [-0.25, -0.2) is 19.5 Å². The number of fused-ring (bicyclic) bond motifs is 2. The van der Waals surface area contributed by atoms with E-state index in [2.05, 4.69) is 29.5 Å². The van der Waals surface area contributed by atoms with Crippen molar-refractivity contribution in [3.63, 3.8) is 0 Å². The highest BCUT2D eigenvalue weighted by molar-refractivity contribution is 7.47. The molecule has 0 amide bonds. The summed E-state index contributed by atoms with van der Waals surface area (Å²) in [6, 6.07) is 0. The number of hydrogen-bond acceptors (Lipinski definition) is 10. The summed E-state index contributed by atoms with van der Waals surface area (Å²) in [4.78, 5) is 24.0. The molecule has 4 heterocycles. The van der Waals surface area contributed by atoms with E-state index >= 15 is 0 Å². The van der Waals surface area contributed by atoms with E-state index in [0.717, 1.165) is 0 Å². The van der Waals surface area contributed by atoms with Crippen LogP contribution in [0.3, 0.4) is 0 Å². The van der Waals surface area contributed by atoms with Crippen LogP contribution in [0.2, 0.25) is 0 Å². The maximum Gasteiger partial charge on any atom is 0.472 e. The number of anilines is 1. The molecule has 25 heavy (non-hydrogen) atoms. The normalized spacial score (nSPS) is 34.6. The van der Waals surface area contributed by atoms with Gasteiger partial charge in [0.05, 0.1) is 6.61 Å². The van der Waals surface area contributed by atoms with Crippen LogP contribution in [-0.4, -0.2) is 54.4 Å². The zero-order chi connectivity index (χ0) is 17.8. The number of nitrogens with two attached hydrogens (primary N) is 1. The van der Waals surface area contributed by atoms with E-state index in [0.29, 0.717) is 0 Å². The van der Waals surface area contributed by atoms with Crippen molar-refractivity contribution >= 4 is 30.8 Å². The lowest BCUT2D eigenvalue weighted by atomic mass is 10.1. The number of nitrogen functional groups attached to an aromatic ring is 1. The first-order valence-corrected chi connectivity index (χ1v) is 8.43. The topological polar surface area (TPSA) is 204 Å². The smallest absolute Gasteiger partial charge is 0.386 e. The number of aliphatic hydroxyl groups excluding tert-OH is 1. The van der Waals surface area contributed by atoms with Crippen LogP contribution in [0.1, 0.15) is 6.23 Å². The molecule has 0 radical (unpaired) electrons. The number of phosphoric ester groups is 1. The Kier molecular flexibility index (Phi) is 3.63. The molecule has 0 aromatic carbocycles. The number of nitrogens with zero attached hydrogens (tertiary/aromatic N) is 7. The fourth-order valence-electron chi connectivity index (χ4n) is 2.81. The van der Waals surface area contributed by atoms with E-state index in [-0.39, 0.29) is 29.5 Å². The van der Waals surface area contributed by atoms with Crippen molar-refractivity contribution in [2.75, 3.05) is 12.3 Å². The average molecular weight is 370 g/mol. The van der Waals surface area contributed by atoms with Crippen LogP contribution in [0.4, 0.5) is 11.8 Å². The number of hydrogen-bond donors (Lipinski definition) is 3. The Bertz CT molecular complexity index is 943. The van der Waals surface area contributed by atoms with Gasteiger partial charge < -0.3 is 20.5 Å². The molecule has 2 saturated heterocycles. The van der Waals surface area contributed by atoms with Crippen molar-refractivity contribution in [1.29, 1.82) is 0 Å². The standard InChI is InChI=1S/C10H11N8O6P/c11-7-4-8(14-2-13-7)18(10(15-4)16-17-12)9-5(19)6-3(23-9)1-22-25(20,21)24-6/h2-3,5-6,9,19H,1H2,(H,20,21)(H2,11,13,14)/t3-,5-,6-,9-/m1/s1. The number of ether oxygens (including phenoxy) is 1. The van der Waals surface area contributed by atoms with Crippen LogP contribution >= 0.6 is 7.82 Å². The quantitative estimate of drug-likeness (QED) is 0.282. The Hall–Kier alpha value is -2.31. The van der Waals surface area contributed by atoms with Gasteiger partial charge in [0.15, 0.2) is 23.2 Å². The average Bonchev–Trinajstić information content (AvgIpc) is 3.06. The summed E-state index contributed by atoms with van der Waals surface area (Å²) in [5.41, 5.74) is 14.8. The summed E-state index contributed by atoms with van der Waals surface area (Å²) in [5, 5.41) is 14.0. The molecule has 4 rings (SSSR count). The molecule has 1 unspecified atom stereocenters. The molecule has 0 saturated carbocycles. The monoisotopic (exact) mass is 370 g/mol. The van der Waals surface area contributed by atoms with Crippen molar-refractivity contribution < 1.29 is 28.3 Å². The van der Waals surface area contributed by atoms with Crippen molar-refractivity contribution in [1.82, 2.24) is 19.5 Å². The highest BCUT2D eigenvalue weighted by Crippen LogP contribution is 2.53. The molecule has 2 aliphatic rings. The number of aromatic nitrogens is 4. The third-order valence-electron chi connectivity index (χ3n) is 3.84. The van der Waals surface area contributed by atoms with E-state index in [1.54, 1.807) is 0 Å². The number of rotatable bonds is 2. The van der Waals surface area contributed by atoms with Gasteiger partial charge in [0.1, 0.15) is 24.6 Å². The molecule has 0 bridgehead atoms. The number of imidazole rings is 1. The van der Waals surface area contributed by atoms with Gasteiger partial charge >= 0.3 is 7.82 Å². The van der Waals surface area contributed by atoms with E-state index < -0.39 is 32.4 Å². The van der Waals surface area contributed by atoms with Gasteiger partial charge in [0.2, 0.25) is 5.95 Å². The second kappa shape index (κ2) is 5.61. The van der Waals surface area contributed by atoms with E-state index in [9.17, 15) is 14.6 Å². The Balaban J connectivity index is 1.82. The second-order valence-electron chi connectivity index (χ2n) is 5.29. The van der Waals surface area contributed by atoms with Crippen LogP contribution in [0, 0.1) is 0 Å². The molecule has 15 heteroatoms. The van der Waals surface area contributed by atoms with Crippen molar-refractivity contribution in [3.8, 4) is 0 Å². The van der Waals surface area contributed by atoms with Gasteiger partial charge in [-0.05, 0) is 10.6 Å². The highest BCUT2D eigenvalue weighted by atomic mass is 31.2. The largest absolute Gasteiger partial charge is 0.472 e. The molecule has 4 N–H and O–H groups in total. The van der Waals surface area contributed by atoms with Crippen LogP contribution in [0.5, 0.6) is 0 Å². The molecule has 2 fully saturated rings. The summed E-state index contributed by atoms with van der Waals surface area (Å²) < 4.78 is 28.0. The van der Waals surface area contributed by atoms with Gasteiger partial charge in [-0.3, -0.25) is 13.6 Å². The lowest BCUT2D eigenvalue weighted by Gasteiger charge is -2.27. The Morgan fingerprint density at radius 1 is 1.52 bits per heavy atom. The van der Waals surface area contributed by atoms with E-state index in [1.165, 1.54) is 10.9 Å². The first-order valence-electron chi connectivity index (χ1n) is 6.94. The second-order valence-corrected chi connectivity index (χ2v) is 6.70. The minimum Gasteiger partial charge on any atom is -0.386 e. The summed E-state index contributed by atoms with van der Waals surface area (Å²) in [5.74, 6) is -0.122. The lowest BCUT2D eigenvalue weighted by molar-refractivity contribution is -0.0660. The third-order valence-corrected chi connectivity index (χ3v) is 4.83. The third kappa shape index (κ3) is 2.53. The molecule has 14 nitrogen and oxygen atoms in total. The maximum atomic E-state index is 11.6. The number of azide groups is 1. The van der Waals surface area contributed by atoms with Crippen molar-refractivity contribution in [2.24, 2.45) is 5.11 Å². The summed E-state index contributed by atoms with van der Waals surface area (Å²) in [6.07, 6.45) is -3.30. The van der Waals surface area contributed by atoms with Gasteiger partial charge in [-0.2, -0.15) is 0 Å². The lowest BCUT2D eigenvalue weighted by Crippen LogP contribution is -2.39. The molecule has 2 aromatic rings.